The normalized spacial score (nSPS) is 12.3. The van der Waals surface area contributed by atoms with E-state index >= 15 is 0 Å². The summed E-state index contributed by atoms with van der Waals surface area (Å²) < 4.78 is 5.62. The minimum absolute atomic E-state index is 0.430. The summed E-state index contributed by atoms with van der Waals surface area (Å²) in [7, 11) is 0. The Balaban J connectivity index is 2.02. The van der Waals surface area contributed by atoms with Crippen LogP contribution in [0.4, 0.5) is 0 Å². The van der Waals surface area contributed by atoms with Gasteiger partial charge in [0.05, 0.1) is 11.9 Å². The van der Waals surface area contributed by atoms with Crippen LogP contribution in [-0.4, -0.2) is 21.3 Å². The number of thioether (sulfide) groups is 1. The Morgan fingerprint density at radius 3 is 2.75 bits per heavy atom. The molecule has 0 fully saturated rings. The summed E-state index contributed by atoms with van der Waals surface area (Å²) in [4.78, 5) is 15.1. The van der Waals surface area contributed by atoms with Crippen LogP contribution < -0.4 is 0 Å². The lowest BCUT2D eigenvalue weighted by Crippen LogP contribution is -2.15. The summed E-state index contributed by atoms with van der Waals surface area (Å²) in [5.74, 6) is 0.820. The van der Waals surface area contributed by atoms with E-state index in [1.807, 2.05) is 19.1 Å². The lowest BCUT2D eigenvalue weighted by molar-refractivity contribution is -0.136. The molecule has 1 heterocycles. The zero-order valence-corrected chi connectivity index (χ0v) is 12.4. The van der Waals surface area contributed by atoms with Crippen molar-refractivity contribution in [2.24, 2.45) is 0 Å². The van der Waals surface area contributed by atoms with Crippen molar-refractivity contribution >= 4 is 29.3 Å². The number of benzene rings is 1. The number of carbonyl (C=O) groups is 1. The molecule has 2 rings (SSSR count). The highest BCUT2D eigenvalue weighted by molar-refractivity contribution is 7.99. The van der Waals surface area contributed by atoms with Crippen molar-refractivity contribution in [1.82, 2.24) is 4.98 Å². The van der Waals surface area contributed by atoms with Gasteiger partial charge in [0.2, 0.25) is 5.89 Å². The molecule has 0 amide bonds. The Bertz CT molecular complexity index is 582. The fourth-order valence-electron chi connectivity index (χ4n) is 1.66. The molecule has 1 aromatic carbocycles. The second-order valence-electron chi connectivity index (χ2n) is 4.17. The van der Waals surface area contributed by atoms with E-state index in [0.717, 1.165) is 5.56 Å². The van der Waals surface area contributed by atoms with E-state index in [2.05, 4.69) is 4.98 Å². The summed E-state index contributed by atoms with van der Waals surface area (Å²) in [6, 6.07) is 7.27. The number of halogens is 1. The van der Waals surface area contributed by atoms with Gasteiger partial charge in [0, 0.05) is 10.6 Å². The Hall–Kier alpha value is -1.46. The number of nitrogens with zero attached hydrogens (tertiary/aromatic N) is 1. The maximum absolute atomic E-state index is 10.9. The highest BCUT2D eigenvalue weighted by Crippen LogP contribution is 2.25. The van der Waals surface area contributed by atoms with Crippen molar-refractivity contribution in [2.45, 2.75) is 24.3 Å². The average Bonchev–Trinajstić information content (AvgIpc) is 2.89. The van der Waals surface area contributed by atoms with Gasteiger partial charge >= 0.3 is 5.97 Å². The van der Waals surface area contributed by atoms with Gasteiger partial charge in [0.1, 0.15) is 5.25 Å². The van der Waals surface area contributed by atoms with E-state index in [1.54, 1.807) is 18.3 Å². The van der Waals surface area contributed by atoms with Crippen LogP contribution in [0.2, 0.25) is 5.02 Å². The van der Waals surface area contributed by atoms with Crippen LogP contribution in [-0.2, 0) is 10.5 Å². The zero-order chi connectivity index (χ0) is 14.5. The van der Waals surface area contributed by atoms with Crippen molar-refractivity contribution in [3.63, 3.8) is 0 Å². The third-order valence-corrected chi connectivity index (χ3v) is 4.34. The fourth-order valence-corrected chi connectivity index (χ4v) is 2.64. The molecule has 1 unspecified atom stereocenters. The molecule has 0 aliphatic heterocycles. The molecular formula is C14H14ClNO3S. The molecule has 0 aliphatic carbocycles. The molecule has 106 valence electrons. The molecule has 0 spiro atoms. The molecule has 1 N–H and O–H groups in total. The summed E-state index contributed by atoms with van der Waals surface area (Å²) in [6.45, 7) is 1.85. The van der Waals surface area contributed by atoms with Crippen molar-refractivity contribution < 1.29 is 14.3 Å². The van der Waals surface area contributed by atoms with Gasteiger partial charge in [-0.25, -0.2) is 4.98 Å². The molecular weight excluding hydrogens is 298 g/mol. The lowest BCUT2D eigenvalue weighted by Gasteiger charge is -2.06. The second kappa shape index (κ2) is 6.81. The highest BCUT2D eigenvalue weighted by atomic mass is 35.5. The molecule has 0 bridgehead atoms. The topological polar surface area (TPSA) is 63.3 Å². The first-order chi connectivity index (χ1) is 9.60. The number of hydrogen-bond donors (Lipinski definition) is 1. The Labute approximate surface area is 126 Å². The number of aromatic nitrogens is 1. The first-order valence-corrected chi connectivity index (χ1v) is 7.58. The molecule has 6 heteroatoms. The van der Waals surface area contributed by atoms with Crippen LogP contribution in [0.5, 0.6) is 0 Å². The van der Waals surface area contributed by atoms with Crippen molar-refractivity contribution in [3.8, 4) is 11.3 Å². The molecule has 4 nitrogen and oxygen atoms in total. The monoisotopic (exact) mass is 311 g/mol. The Morgan fingerprint density at radius 1 is 1.45 bits per heavy atom. The third kappa shape index (κ3) is 3.77. The molecule has 0 saturated carbocycles. The molecule has 0 saturated heterocycles. The predicted molar refractivity (Wildman–Crippen MR) is 80.0 cm³/mol. The van der Waals surface area contributed by atoms with E-state index in [9.17, 15) is 4.79 Å². The van der Waals surface area contributed by atoms with Gasteiger partial charge in [0.15, 0.2) is 5.76 Å². The molecule has 2 aromatic rings. The molecule has 1 atom stereocenters. The van der Waals surface area contributed by atoms with Gasteiger partial charge in [-0.05, 0) is 30.7 Å². The SMILES string of the molecule is CCC(SCc1ncc(-c2ccc(Cl)cc2)o1)C(=O)O. The van der Waals surface area contributed by atoms with Crippen molar-refractivity contribution in [3.05, 3.63) is 41.4 Å². The zero-order valence-electron chi connectivity index (χ0n) is 10.9. The summed E-state index contributed by atoms with van der Waals surface area (Å²) in [5.41, 5.74) is 0.892. The van der Waals surface area contributed by atoms with E-state index in [1.165, 1.54) is 11.8 Å². The molecule has 20 heavy (non-hydrogen) atoms. The first kappa shape index (κ1) is 14.9. The minimum atomic E-state index is -0.804. The molecule has 0 aliphatic rings. The van der Waals surface area contributed by atoms with Crippen LogP contribution >= 0.6 is 23.4 Å². The van der Waals surface area contributed by atoms with Gasteiger partial charge in [-0.2, -0.15) is 0 Å². The first-order valence-electron chi connectivity index (χ1n) is 6.15. The van der Waals surface area contributed by atoms with Crippen molar-refractivity contribution in [1.29, 1.82) is 0 Å². The Morgan fingerprint density at radius 2 is 2.15 bits per heavy atom. The van der Waals surface area contributed by atoms with Crippen LogP contribution in [0.1, 0.15) is 19.2 Å². The number of carboxylic acids is 1. The maximum Gasteiger partial charge on any atom is 0.316 e. The van der Waals surface area contributed by atoms with Crippen molar-refractivity contribution in [2.75, 3.05) is 0 Å². The minimum Gasteiger partial charge on any atom is -0.480 e. The maximum atomic E-state index is 10.9. The van der Waals surface area contributed by atoms with Crippen LogP contribution in [0.25, 0.3) is 11.3 Å². The lowest BCUT2D eigenvalue weighted by atomic mass is 10.2. The quantitative estimate of drug-likeness (QED) is 0.870. The van der Waals surface area contributed by atoms with Gasteiger partial charge in [-0.1, -0.05) is 18.5 Å². The van der Waals surface area contributed by atoms with Crippen LogP contribution in [0.15, 0.2) is 34.9 Å². The van der Waals surface area contributed by atoms with Gasteiger partial charge in [-0.15, -0.1) is 11.8 Å². The fraction of sp³-hybridized carbons (Fsp3) is 0.286. The van der Waals surface area contributed by atoms with E-state index in [-0.39, 0.29) is 0 Å². The summed E-state index contributed by atoms with van der Waals surface area (Å²) >= 11 is 7.15. The standard InChI is InChI=1S/C14H14ClNO3S/c1-2-12(14(17)18)20-8-13-16-7-11(19-13)9-3-5-10(15)6-4-9/h3-7,12H,2,8H2,1H3,(H,17,18). The van der Waals surface area contributed by atoms with Gasteiger partial charge in [0.25, 0.3) is 0 Å². The smallest absolute Gasteiger partial charge is 0.316 e. The van der Waals surface area contributed by atoms with E-state index in [0.29, 0.717) is 28.8 Å². The number of carboxylic acid groups (broad SMARTS) is 1. The number of oxazole rings is 1. The summed E-state index contributed by atoms with van der Waals surface area (Å²) in [6.07, 6.45) is 2.21. The van der Waals surface area contributed by atoms with Crippen LogP contribution in [0.3, 0.4) is 0 Å². The van der Waals surface area contributed by atoms with Gasteiger partial charge < -0.3 is 9.52 Å². The van der Waals surface area contributed by atoms with E-state index < -0.39 is 11.2 Å². The summed E-state index contributed by atoms with van der Waals surface area (Å²) in [5, 5.41) is 9.21. The predicted octanol–water partition coefficient (Wildman–Crippen LogP) is 4.09. The Kier molecular flexibility index (Phi) is 5.09. The van der Waals surface area contributed by atoms with E-state index in [4.69, 9.17) is 21.1 Å². The molecule has 1 aromatic heterocycles. The third-order valence-electron chi connectivity index (χ3n) is 2.74. The average molecular weight is 312 g/mol. The number of aliphatic carboxylic acids is 1. The number of hydrogen-bond acceptors (Lipinski definition) is 4. The largest absolute Gasteiger partial charge is 0.480 e. The highest BCUT2D eigenvalue weighted by Gasteiger charge is 2.17. The molecule has 0 radical (unpaired) electrons. The second-order valence-corrected chi connectivity index (χ2v) is 5.80. The van der Waals surface area contributed by atoms with Crippen LogP contribution in [0, 0.1) is 0 Å². The van der Waals surface area contributed by atoms with Gasteiger partial charge in [-0.3, -0.25) is 4.79 Å². The number of rotatable bonds is 6.